The Balaban J connectivity index is 1.96. The molecule has 1 aromatic rings. The van der Waals surface area contributed by atoms with Gasteiger partial charge in [0.1, 0.15) is 0 Å². The quantitative estimate of drug-likeness (QED) is 0.885. The number of nitrogens with one attached hydrogen (secondary N) is 1. The topological polar surface area (TPSA) is 67.3 Å². The van der Waals surface area contributed by atoms with Crippen LogP contribution in [0.4, 0.5) is 5.95 Å². The molecule has 1 aromatic heterocycles. The number of amides is 1. The minimum Gasteiger partial charge on any atom is -0.376 e. The Hall–Kier alpha value is -1.69. The number of aromatic nitrogens is 2. The van der Waals surface area contributed by atoms with Gasteiger partial charge in [-0.25, -0.2) is 9.97 Å². The molecular formula is C14H22N4O2. The monoisotopic (exact) mass is 278 g/mol. The average Bonchev–Trinajstić information content (AvgIpc) is 2.52. The maximum absolute atomic E-state index is 12.4. The highest BCUT2D eigenvalue weighted by atomic mass is 16.5. The first-order valence-corrected chi connectivity index (χ1v) is 7.15. The molecule has 1 aliphatic rings. The van der Waals surface area contributed by atoms with E-state index in [1.807, 2.05) is 4.90 Å². The summed E-state index contributed by atoms with van der Waals surface area (Å²) in [6, 6.07) is 0. The van der Waals surface area contributed by atoms with Crippen molar-refractivity contribution in [2.45, 2.75) is 32.3 Å². The summed E-state index contributed by atoms with van der Waals surface area (Å²) in [6.45, 7) is 4.28. The molecule has 1 fully saturated rings. The number of ether oxygens (including phenoxy) is 1. The first-order valence-electron chi connectivity index (χ1n) is 7.15. The average molecular weight is 278 g/mol. The van der Waals surface area contributed by atoms with Crippen LogP contribution in [0, 0.1) is 0 Å². The van der Waals surface area contributed by atoms with Crippen molar-refractivity contribution >= 4 is 11.9 Å². The summed E-state index contributed by atoms with van der Waals surface area (Å²) in [5, 5.41) is 2.84. The molecule has 6 heteroatoms. The molecule has 2 heterocycles. The fraction of sp³-hybridized carbons (Fsp3) is 0.643. The van der Waals surface area contributed by atoms with Gasteiger partial charge >= 0.3 is 0 Å². The van der Waals surface area contributed by atoms with Gasteiger partial charge in [-0.1, -0.05) is 6.92 Å². The highest BCUT2D eigenvalue weighted by Gasteiger charge is 2.25. The minimum absolute atomic E-state index is 0.0162. The third-order valence-corrected chi connectivity index (χ3v) is 3.35. The maximum Gasteiger partial charge on any atom is 0.257 e. The first-order chi connectivity index (χ1) is 9.74. The fourth-order valence-corrected chi connectivity index (χ4v) is 2.29. The molecule has 0 spiro atoms. The number of anilines is 1. The number of nitrogens with zero attached hydrogens (tertiary/aromatic N) is 3. The second-order valence-corrected chi connectivity index (χ2v) is 4.93. The number of hydrogen-bond donors (Lipinski definition) is 1. The summed E-state index contributed by atoms with van der Waals surface area (Å²) in [7, 11) is 1.75. The smallest absolute Gasteiger partial charge is 0.257 e. The lowest BCUT2D eigenvalue weighted by atomic mass is 10.1. The highest BCUT2D eigenvalue weighted by Crippen LogP contribution is 2.16. The van der Waals surface area contributed by atoms with Crippen LogP contribution in [0.1, 0.15) is 36.5 Å². The van der Waals surface area contributed by atoms with Crippen molar-refractivity contribution in [2.24, 2.45) is 0 Å². The molecule has 0 aromatic carbocycles. The maximum atomic E-state index is 12.4. The van der Waals surface area contributed by atoms with E-state index in [-0.39, 0.29) is 12.0 Å². The van der Waals surface area contributed by atoms with Crippen LogP contribution in [0.5, 0.6) is 0 Å². The predicted octanol–water partition coefficient (Wildman–Crippen LogP) is 1.55. The summed E-state index contributed by atoms with van der Waals surface area (Å²) >= 11 is 0. The molecule has 20 heavy (non-hydrogen) atoms. The van der Waals surface area contributed by atoms with Gasteiger partial charge in [0.05, 0.1) is 11.7 Å². The van der Waals surface area contributed by atoms with Crippen molar-refractivity contribution in [1.82, 2.24) is 14.9 Å². The molecule has 0 radical (unpaired) electrons. The molecule has 1 amide bonds. The number of carbonyl (C=O) groups is 1. The van der Waals surface area contributed by atoms with Crippen LogP contribution in [0.15, 0.2) is 12.4 Å². The molecule has 1 unspecified atom stereocenters. The zero-order valence-corrected chi connectivity index (χ0v) is 12.1. The summed E-state index contributed by atoms with van der Waals surface area (Å²) in [5.74, 6) is 0.502. The lowest BCUT2D eigenvalue weighted by Gasteiger charge is -2.32. The van der Waals surface area contributed by atoms with Gasteiger partial charge in [0.25, 0.3) is 5.91 Å². The van der Waals surface area contributed by atoms with E-state index >= 15 is 0 Å². The van der Waals surface area contributed by atoms with Crippen LogP contribution in [0.3, 0.4) is 0 Å². The lowest BCUT2D eigenvalue weighted by molar-refractivity contribution is 0.00208. The van der Waals surface area contributed by atoms with Crippen LogP contribution >= 0.6 is 0 Å². The van der Waals surface area contributed by atoms with Gasteiger partial charge < -0.3 is 15.0 Å². The summed E-state index contributed by atoms with van der Waals surface area (Å²) in [6.07, 6.45) is 6.30. The van der Waals surface area contributed by atoms with Crippen molar-refractivity contribution < 1.29 is 9.53 Å². The van der Waals surface area contributed by atoms with Crippen molar-refractivity contribution in [3.63, 3.8) is 0 Å². The number of piperidine rings is 1. The van der Waals surface area contributed by atoms with E-state index in [2.05, 4.69) is 22.2 Å². The van der Waals surface area contributed by atoms with Gasteiger partial charge in [-0.2, -0.15) is 0 Å². The summed E-state index contributed by atoms with van der Waals surface area (Å²) < 4.78 is 5.75. The van der Waals surface area contributed by atoms with E-state index in [0.29, 0.717) is 18.1 Å². The Bertz CT molecular complexity index is 435. The number of hydrogen-bond acceptors (Lipinski definition) is 5. The van der Waals surface area contributed by atoms with Crippen LogP contribution in [-0.4, -0.2) is 53.6 Å². The Labute approximate surface area is 119 Å². The predicted molar refractivity (Wildman–Crippen MR) is 76.7 cm³/mol. The molecule has 1 atom stereocenters. The number of carbonyl (C=O) groups excluding carboxylic acids is 1. The standard InChI is InChI=1S/C14H22N4O2/c1-3-7-20-12-5-4-6-18(10-12)13(19)11-8-16-14(15-2)17-9-11/h8-9,12H,3-7,10H2,1-2H3,(H,15,16,17). The molecule has 6 nitrogen and oxygen atoms in total. The molecule has 110 valence electrons. The largest absolute Gasteiger partial charge is 0.376 e. The van der Waals surface area contributed by atoms with Gasteiger partial charge in [-0.05, 0) is 19.3 Å². The SMILES string of the molecule is CCCOC1CCCN(C(=O)c2cnc(NC)nc2)C1. The van der Waals surface area contributed by atoms with Crippen molar-refractivity contribution in [3.8, 4) is 0 Å². The zero-order valence-electron chi connectivity index (χ0n) is 12.1. The van der Waals surface area contributed by atoms with Crippen molar-refractivity contribution in [1.29, 1.82) is 0 Å². The summed E-state index contributed by atoms with van der Waals surface area (Å²) in [5.41, 5.74) is 0.528. The van der Waals surface area contributed by atoms with E-state index in [9.17, 15) is 4.79 Å². The van der Waals surface area contributed by atoms with Gasteiger partial charge in [-0.15, -0.1) is 0 Å². The Morgan fingerprint density at radius 3 is 2.90 bits per heavy atom. The minimum atomic E-state index is -0.0162. The van der Waals surface area contributed by atoms with Crippen LogP contribution in [0.25, 0.3) is 0 Å². The second kappa shape index (κ2) is 7.19. The van der Waals surface area contributed by atoms with Gasteiger partial charge in [0.15, 0.2) is 0 Å². The molecule has 1 saturated heterocycles. The van der Waals surface area contributed by atoms with Gasteiger partial charge in [0.2, 0.25) is 5.95 Å². The fourth-order valence-electron chi connectivity index (χ4n) is 2.29. The van der Waals surface area contributed by atoms with Crippen molar-refractivity contribution in [2.75, 3.05) is 32.1 Å². The Morgan fingerprint density at radius 2 is 2.25 bits per heavy atom. The van der Waals surface area contributed by atoms with E-state index in [4.69, 9.17) is 4.74 Å². The molecule has 2 rings (SSSR count). The number of rotatable bonds is 5. The van der Waals surface area contributed by atoms with Crippen LogP contribution < -0.4 is 5.32 Å². The van der Waals surface area contributed by atoms with Gasteiger partial charge in [0, 0.05) is 39.1 Å². The molecule has 1 aliphatic heterocycles. The summed E-state index contributed by atoms with van der Waals surface area (Å²) in [4.78, 5) is 22.4. The Kier molecular flexibility index (Phi) is 5.29. The van der Waals surface area contributed by atoms with E-state index in [0.717, 1.165) is 32.4 Å². The molecule has 0 aliphatic carbocycles. The van der Waals surface area contributed by atoms with E-state index in [1.54, 1.807) is 19.4 Å². The second-order valence-electron chi connectivity index (χ2n) is 4.93. The van der Waals surface area contributed by atoms with E-state index < -0.39 is 0 Å². The first kappa shape index (κ1) is 14.7. The molecule has 0 bridgehead atoms. The normalized spacial score (nSPS) is 18.9. The highest BCUT2D eigenvalue weighted by molar-refractivity contribution is 5.93. The van der Waals surface area contributed by atoms with Crippen molar-refractivity contribution in [3.05, 3.63) is 18.0 Å². The van der Waals surface area contributed by atoms with Crippen LogP contribution in [-0.2, 0) is 4.74 Å². The number of likely N-dealkylation sites (tertiary alicyclic amines) is 1. The van der Waals surface area contributed by atoms with E-state index in [1.165, 1.54) is 0 Å². The molecule has 1 N–H and O–H groups in total. The molecule has 0 saturated carbocycles. The third kappa shape index (κ3) is 3.66. The zero-order chi connectivity index (χ0) is 14.4. The molecular weight excluding hydrogens is 256 g/mol. The lowest BCUT2D eigenvalue weighted by Crippen LogP contribution is -2.43. The third-order valence-electron chi connectivity index (χ3n) is 3.35. The van der Waals surface area contributed by atoms with Crippen LogP contribution in [0.2, 0.25) is 0 Å². The van der Waals surface area contributed by atoms with Gasteiger partial charge in [-0.3, -0.25) is 4.79 Å². The Morgan fingerprint density at radius 1 is 1.50 bits per heavy atom.